The van der Waals surface area contributed by atoms with Crippen molar-refractivity contribution in [1.29, 1.82) is 0 Å². The molecule has 1 unspecified atom stereocenters. The van der Waals surface area contributed by atoms with Gasteiger partial charge in [-0.05, 0) is 26.1 Å². The monoisotopic (exact) mass is 218 g/mol. The molecule has 2 rings (SSSR count). The first-order chi connectivity index (χ1) is 7.65. The van der Waals surface area contributed by atoms with Crippen molar-refractivity contribution in [3.05, 3.63) is 24.3 Å². The van der Waals surface area contributed by atoms with Gasteiger partial charge in [0.15, 0.2) is 0 Å². The van der Waals surface area contributed by atoms with Crippen molar-refractivity contribution < 1.29 is 0 Å². The van der Waals surface area contributed by atoms with Crippen LogP contribution in [0.3, 0.4) is 0 Å². The topological polar surface area (TPSA) is 33.1 Å². The summed E-state index contributed by atoms with van der Waals surface area (Å²) in [6.07, 6.45) is 0.260. The van der Waals surface area contributed by atoms with E-state index in [1.54, 1.807) is 0 Å². The zero-order chi connectivity index (χ0) is 11.7. The quantitative estimate of drug-likeness (QED) is 0.794. The Kier molecular flexibility index (Phi) is 2.83. The molecule has 0 amide bonds. The lowest BCUT2D eigenvalue weighted by Gasteiger charge is -2.25. The second kappa shape index (κ2) is 4.14. The Morgan fingerprint density at radius 3 is 2.69 bits per heavy atom. The number of imidazole rings is 1. The van der Waals surface area contributed by atoms with Crippen molar-refractivity contribution in [2.75, 3.05) is 19.0 Å². The number of aromatic nitrogens is 2. The Balaban J connectivity index is 2.49. The highest BCUT2D eigenvalue weighted by Gasteiger charge is 2.14. The molecule has 1 aromatic heterocycles. The first-order valence-corrected chi connectivity index (χ1v) is 5.46. The smallest absolute Gasteiger partial charge is 0.207 e. The van der Waals surface area contributed by atoms with Crippen LogP contribution in [0.25, 0.3) is 11.0 Å². The number of rotatable bonds is 3. The van der Waals surface area contributed by atoms with Crippen LogP contribution in [0.4, 0.5) is 5.95 Å². The van der Waals surface area contributed by atoms with Crippen LogP contribution in [0.5, 0.6) is 0 Å². The van der Waals surface area contributed by atoms with E-state index in [-0.39, 0.29) is 6.17 Å². The number of nitrogens with one attached hydrogen (secondary N) is 1. The number of anilines is 1. The minimum Gasteiger partial charge on any atom is -0.330 e. The molecule has 0 aliphatic carbocycles. The maximum absolute atomic E-state index is 4.63. The average molecular weight is 218 g/mol. The molecule has 4 heteroatoms. The van der Waals surface area contributed by atoms with Gasteiger partial charge in [0, 0.05) is 14.1 Å². The lowest BCUT2D eigenvalue weighted by molar-refractivity contribution is 0.583. The van der Waals surface area contributed by atoms with Gasteiger partial charge in [0.25, 0.3) is 0 Å². The first-order valence-electron chi connectivity index (χ1n) is 5.46. The van der Waals surface area contributed by atoms with Crippen LogP contribution < -0.4 is 10.2 Å². The van der Waals surface area contributed by atoms with Crippen molar-refractivity contribution in [3.8, 4) is 0 Å². The minimum atomic E-state index is 0.260. The van der Waals surface area contributed by atoms with Gasteiger partial charge >= 0.3 is 0 Å². The van der Waals surface area contributed by atoms with E-state index in [9.17, 15) is 0 Å². The van der Waals surface area contributed by atoms with Crippen LogP contribution in [0.1, 0.15) is 6.92 Å². The molecule has 0 fully saturated rings. The molecule has 16 heavy (non-hydrogen) atoms. The van der Waals surface area contributed by atoms with Gasteiger partial charge in [-0.15, -0.1) is 0 Å². The first kappa shape index (κ1) is 11.0. The van der Waals surface area contributed by atoms with E-state index in [1.165, 1.54) is 0 Å². The highest BCUT2D eigenvalue weighted by Crippen LogP contribution is 2.20. The standard InChI is InChI=1S/C12H18N4/c1-9(13-2)15(3)12-14-10-7-5-6-8-11(10)16(12)4/h5-9,13H,1-4H3. The van der Waals surface area contributed by atoms with E-state index < -0.39 is 0 Å². The molecular weight excluding hydrogens is 200 g/mol. The van der Waals surface area contributed by atoms with E-state index in [4.69, 9.17) is 0 Å². The molecule has 2 aromatic rings. The predicted molar refractivity (Wildman–Crippen MR) is 67.6 cm³/mol. The molecule has 0 aliphatic rings. The van der Waals surface area contributed by atoms with Gasteiger partial charge in [-0.25, -0.2) is 4.98 Å². The van der Waals surface area contributed by atoms with Gasteiger partial charge in [0.2, 0.25) is 5.95 Å². The molecule has 0 aliphatic heterocycles. The maximum Gasteiger partial charge on any atom is 0.207 e. The Morgan fingerprint density at radius 2 is 2.06 bits per heavy atom. The van der Waals surface area contributed by atoms with Crippen LogP contribution in [0.15, 0.2) is 24.3 Å². The Hall–Kier alpha value is -1.55. The molecule has 86 valence electrons. The van der Waals surface area contributed by atoms with Crippen LogP contribution in [-0.2, 0) is 7.05 Å². The van der Waals surface area contributed by atoms with Gasteiger partial charge in [0.1, 0.15) is 0 Å². The maximum atomic E-state index is 4.63. The fourth-order valence-electron chi connectivity index (χ4n) is 1.82. The van der Waals surface area contributed by atoms with Crippen molar-refractivity contribution >= 4 is 17.0 Å². The molecule has 0 spiro atoms. The number of fused-ring (bicyclic) bond motifs is 1. The van der Waals surface area contributed by atoms with Gasteiger partial charge in [0.05, 0.1) is 17.2 Å². The minimum absolute atomic E-state index is 0.260. The van der Waals surface area contributed by atoms with Crippen molar-refractivity contribution in [3.63, 3.8) is 0 Å². The zero-order valence-corrected chi connectivity index (χ0v) is 10.2. The molecule has 0 saturated heterocycles. The number of para-hydroxylation sites is 2. The summed E-state index contributed by atoms with van der Waals surface area (Å²) in [5.74, 6) is 0.975. The van der Waals surface area contributed by atoms with Gasteiger partial charge < -0.3 is 14.8 Å². The van der Waals surface area contributed by atoms with Gasteiger partial charge in [-0.3, -0.25) is 0 Å². The molecule has 1 atom stereocenters. The SMILES string of the molecule is CNC(C)N(C)c1nc2ccccc2n1C. The summed E-state index contributed by atoms with van der Waals surface area (Å²) in [7, 11) is 6.04. The normalized spacial score (nSPS) is 13.0. The molecule has 1 N–H and O–H groups in total. The third-order valence-corrected chi connectivity index (χ3v) is 3.08. The van der Waals surface area contributed by atoms with Gasteiger partial charge in [-0.1, -0.05) is 12.1 Å². The summed E-state index contributed by atoms with van der Waals surface area (Å²) in [4.78, 5) is 6.76. The van der Waals surface area contributed by atoms with Crippen molar-refractivity contribution in [2.24, 2.45) is 7.05 Å². The lowest BCUT2D eigenvalue weighted by atomic mass is 10.3. The summed E-state index contributed by atoms with van der Waals surface area (Å²) in [5.41, 5.74) is 2.20. The number of benzene rings is 1. The van der Waals surface area contributed by atoms with Crippen molar-refractivity contribution in [1.82, 2.24) is 14.9 Å². The Morgan fingerprint density at radius 1 is 1.38 bits per heavy atom. The van der Waals surface area contributed by atoms with Crippen molar-refractivity contribution in [2.45, 2.75) is 13.1 Å². The van der Waals surface area contributed by atoms with E-state index in [2.05, 4.69) is 32.8 Å². The number of hydrogen-bond acceptors (Lipinski definition) is 3. The highest BCUT2D eigenvalue weighted by molar-refractivity contribution is 5.78. The Labute approximate surface area is 95.9 Å². The van der Waals surface area contributed by atoms with Gasteiger partial charge in [-0.2, -0.15) is 0 Å². The summed E-state index contributed by atoms with van der Waals surface area (Å²) in [6.45, 7) is 2.11. The summed E-state index contributed by atoms with van der Waals surface area (Å²) >= 11 is 0. The lowest BCUT2D eigenvalue weighted by Crippen LogP contribution is -2.40. The van der Waals surface area contributed by atoms with Crippen LogP contribution in [0.2, 0.25) is 0 Å². The predicted octanol–water partition coefficient (Wildman–Crippen LogP) is 1.57. The molecule has 1 heterocycles. The van der Waals surface area contributed by atoms with E-state index in [1.807, 2.05) is 39.3 Å². The zero-order valence-electron chi connectivity index (χ0n) is 10.2. The molecule has 4 nitrogen and oxygen atoms in total. The largest absolute Gasteiger partial charge is 0.330 e. The van der Waals surface area contributed by atoms with Crippen LogP contribution in [0, 0.1) is 0 Å². The molecule has 0 saturated carbocycles. The average Bonchev–Trinajstić information content (AvgIpc) is 2.65. The summed E-state index contributed by atoms with van der Waals surface area (Å²) in [6, 6.07) is 8.18. The van der Waals surface area contributed by atoms with E-state index in [0.29, 0.717) is 0 Å². The second-order valence-corrected chi connectivity index (χ2v) is 4.04. The highest BCUT2D eigenvalue weighted by atomic mass is 15.3. The molecule has 1 aromatic carbocycles. The van der Waals surface area contributed by atoms with Crippen LogP contribution >= 0.6 is 0 Å². The van der Waals surface area contributed by atoms with E-state index >= 15 is 0 Å². The fraction of sp³-hybridized carbons (Fsp3) is 0.417. The number of hydrogen-bond donors (Lipinski definition) is 1. The number of aryl methyl sites for hydroxylation is 1. The third kappa shape index (κ3) is 1.65. The molecule has 0 radical (unpaired) electrons. The number of nitrogens with zero attached hydrogens (tertiary/aromatic N) is 3. The second-order valence-electron chi connectivity index (χ2n) is 4.04. The summed E-state index contributed by atoms with van der Waals surface area (Å²) < 4.78 is 2.11. The fourth-order valence-corrected chi connectivity index (χ4v) is 1.82. The molecule has 0 bridgehead atoms. The molecular formula is C12H18N4. The third-order valence-electron chi connectivity index (χ3n) is 3.08. The summed E-state index contributed by atoms with van der Waals surface area (Å²) in [5, 5.41) is 3.21. The van der Waals surface area contributed by atoms with Crippen LogP contribution in [-0.4, -0.2) is 29.8 Å². The Bertz CT molecular complexity index is 489. The van der Waals surface area contributed by atoms with E-state index in [0.717, 1.165) is 17.0 Å².